The minimum absolute atomic E-state index is 0.565. The van der Waals surface area contributed by atoms with Gasteiger partial charge in [-0.15, -0.1) is 11.3 Å². The van der Waals surface area contributed by atoms with Crippen molar-refractivity contribution < 1.29 is 0 Å². The molecule has 0 amide bonds. The molecule has 0 radical (unpaired) electrons. The second-order valence-electron chi connectivity index (χ2n) is 5.98. The zero-order valence-electron chi connectivity index (χ0n) is 13.6. The Hall–Kier alpha value is -2.13. The highest BCUT2D eigenvalue weighted by atomic mass is 32.1. The van der Waals surface area contributed by atoms with Crippen molar-refractivity contribution >= 4 is 16.5 Å². The Balaban J connectivity index is 1.59. The molecular formula is C20H22N2S. The van der Waals surface area contributed by atoms with Crippen molar-refractivity contribution in [3.63, 3.8) is 0 Å². The third-order valence-electron chi connectivity index (χ3n) is 3.91. The van der Waals surface area contributed by atoms with Crippen LogP contribution in [-0.2, 0) is 6.42 Å². The molecule has 0 atom stereocenters. The van der Waals surface area contributed by atoms with Crippen LogP contribution in [-0.4, -0.2) is 11.5 Å². The number of thiazole rings is 1. The molecular weight excluding hydrogens is 300 g/mol. The summed E-state index contributed by atoms with van der Waals surface area (Å²) in [6.07, 6.45) is 1.01. The van der Waals surface area contributed by atoms with Gasteiger partial charge in [-0.1, -0.05) is 68.4 Å². The fourth-order valence-corrected chi connectivity index (χ4v) is 3.23. The summed E-state index contributed by atoms with van der Waals surface area (Å²) in [6, 6.07) is 19.3. The van der Waals surface area contributed by atoms with Gasteiger partial charge < -0.3 is 5.32 Å². The molecule has 0 spiro atoms. The van der Waals surface area contributed by atoms with Gasteiger partial charge in [-0.2, -0.15) is 0 Å². The molecule has 1 aromatic heterocycles. The van der Waals surface area contributed by atoms with Crippen LogP contribution in [0.5, 0.6) is 0 Å². The van der Waals surface area contributed by atoms with Gasteiger partial charge in [-0.3, -0.25) is 0 Å². The minimum atomic E-state index is 0.565. The molecule has 3 heteroatoms. The van der Waals surface area contributed by atoms with Crippen LogP contribution in [0.2, 0.25) is 0 Å². The van der Waals surface area contributed by atoms with Gasteiger partial charge >= 0.3 is 0 Å². The summed E-state index contributed by atoms with van der Waals surface area (Å²) in [4.78, 5) is 4.69. The molecule has 2 aromatic carbocycles. The first-order valence-electron chi connectivity index (χ1n) is 8.06. The zero-order chi connectivity index (χ0) is 16.1. The van der Waals surface area contributed by atoms with Gasteiger partial charge in [0, 0.05) is 17.5 Å². The number of benzene rings is 2. The number of aromatic nitrogens is 1. The van der Waals surface area contributed by atoms with E-state index in [4.69, 9.17) is 4.98 Å². The molecule has 0 fully saturated rings. The van der Waals surface area contributed by atoms with E-state index in [1.54, 1.807) is 11.3 Å². The van der Waals surface area contributed by atoms with Gasteiger partial charge in [0.05, 0.1) is 5.69 Å². The van der Waals surface area contributed by atoms with Gasteiger partial charge in [-0.25, -0.2) is 4.98 Å². The fourth-order valence-electron chi connectivity index (χ4n) is 2.48. The highest BCUT2D eigenvalue weighted by molar-refractivity contribution is 7.14. The van der Waals surface area contributed by atoms with Crippen molar-refractivity contribution in [2.75, 3.05) is 11.9 Å². The van der Waals surface area contributed by atoms with Gasteiger partial charge in [0.2, 0.25) is 0 Å². The molecule has 2 nitrogen and oxygen atoms in total. The van der Waals surface area contributed by atoms with Crippen molar-refractivity contribution in [1.82, 2.24) is 4.98 Å². The summed E-state index contributed by atoms with van der Waals surface area (Å²) in [5.74, 6) is 0.565. The lowest BCUT2D eigenvalue weighted by atomic mass is 10.0. The van der Waals surface area contributed by atoms with E-state index in [0.717, 1.165) is 23.8 Å². The topological polar surface area (TPSA) is 24.9 Å². The largest absolute Gasteiger partial charge is 0.361 e. The standard InChI is InChI=1S/C20H22N2S/c1-15(2)17-8-10-18(11-9-17)19-14-23-20(22-19)21-13-12-16-6-4-3-5-7-16/h3-11,14-15H,12-13H2,1-2H3,(H,21,22). The first-order chi connectivity index (χ1) is 11.2. The van der Waals surface area contributed by atoms with Crippen molar-refractivity contribution in [3.8, 4) is 11.3 Å². The van der Waals surface area contributed by atoms with Gasteiger partial charge in [0.1, 0.15) is 0 Å². The second-order valence-corrected chi connectivity index (χ2v) is 6.84. The lowest BCUT2D eigenvalue weighted by Gasteiger charge is -2.05. The van der Waals surface area contributed by atoms with E-state index in [9.17, 15) is 0 Å². The molecule has 0 unspecified atom stereocenters. The quantitative estimate of drug-likeness (QED) is 0.640. The van der Waals surface area contributed by atoms with Crippen LogP contribution < -0.4 is 5.32 Å². The minimum Gasteiger partial charge on any atom is -0.361 e. The highest BCUT2D eigenvalue weighted by Gasteiger charge is 2.05. The summed E-state index contributed by atoms with van der Waals surface area (Å²) in [5.41, 5.74) is 4.94. The maximum Gasteiger partial charge on any atom is 0.183 e. The van der Waals surface area contributed by atoms with Crippen molar-refractivity contribution in [2.24, 2.45) is 0 Å². The van der Waals surface area contributed by atoms with Crippen molar-refractivity contribution in [3.05, 3.63) is 71.1 Å². The van der Waals surface area contributed by atoms with E-state index in [-0.39, 0.29) is 0 Å². The number of hydrogen-bond acceptors (Lipinski definition) is 3. The van der Waals surface area contributed by atoms with E-state index in [1.165, 1.54) is 16.7 Å². The Bertz CT molecular complexity index is 730. The van der Waals surface area contributed by atoms with Crippen LogP contribution >= 0.6 is 11.3 Å². The smallest absolute Gasteiger partial charge is 0.183 e. The average Bonchev–Trinajstić information content (AvgIpc) is 3.05. The zero-order valence-corrected chi connectivity index (χ0v) is 14.4. The fraction of sp³-hybridized carbons (Fsp3) is 0.250. The summed E-state index contributed by atoms with van der Waals surface area (Å²) in [6.45, 7) is 5.34. The molecule has 3 rings (SSSR count). The molecule has 3 aromatic rings. The van der Waals surface area contributed by atoms with E-state index in [1.807, 2.05) is 0 Å². The Labute approximate surface area is 142 Å². The highest BCUT2D eigenvalue weighted by Crippen LogP contribution is 2.26. The molecule has 0 saturated heterocycles. The normalized spacial score (nSPS) is 10.9. The first kappa shape index (κ1) is 15.8. The molecule has 118 valence electrons. The molecule has 0 aliphatic carbocycles. The predicted octanol–water partition coefficient (Wildman–Crippen LogP) is 5.59. The number of nitrogens with zero attached hydrogens (tertiary/aromatic N) is 1. The number of hydrogen-bond donors (Lipinski definition) is 1. The maximum atomic E-state index is 4.69. The second kappa shape index (κ2) is 7.42. The third kappa shape index (κ3) is 4.20. The number of anilines is 1. The van der Waals surface area contributed by atoms with Crippen LogP contribution in [0.3, 0.4) is 0 Å². The van der Waals surface area contributed by atoms with Crippen LogP contribution in [0.1, 0.15) is 30.9 Å². The number of nitrogens with one attached hydrogen (secondary N) is 1. The summed E-state index contributed by atoms with van der Waals surface area (Å²) >= 11 is 1.67. The van der Waals surface area contributed by atoms with Crippen LogP contribution in [0, 0.1) is 0 Å². The molecule has 0 aliphatic heterocycles. The summed E-state index contributed by atoms with van der Waals surface area (Å²) in [5, 5.41) is 6.53. The van der Waals surface area contributed by atoms with Gasteiger partial charge in [0.15, 0.2) is 5.13 Å². The third-order valence-corrected chi connectivity index (χ3v) is 4.71. The molecule has 1 N–H and O–H groups in total. The molecule has 0 bridgehead atoms. The van der Waals surface area contributed by atoms with Crippen LogP contribution in [0.25, 0.3) is 11.3 Å². The predicted molar refractivity (Wildman–Crippen MR) is 100 cm³/mol. The van der Waals surface area contributed by atoms with Crippen LogP contribution in [0.4, 0.5) is 5.13 Å². The monoisotopic (exact) mass is 322 g/mol. The Kier molecular flexibility index (Phi) is 5.09. The van der Waals surface area contributed by atoms with Gasteiger partial charge in [-0.05, 0) is 23.5 Å². The lowest BCUT2D eigenvalue weighted by Crippen LogP contribution is -2.04. The molecule has 0 saturated carbocycles. The average molecular weight is 322 g/mol. The lowest BCUT2D eigenvalue weighted by molar-refractivity contribution is 0.867. The van der Waals surface area contributed by atoms with E-state index >= 15 is 0 Å². The summed E-state index contributed by atoms with van der Waals surface area (Å²) in [7, 11) is 0. The summed E-state index contributed by atoms with van der Waals surface area (Å²) < 4.78 is 0. The van der Waals surface area contributed by atoms with Gasteiger partial charge in [0.25, 0.3) is 0 Å². The maximum absolute atomic E-state index is 4.69. The Morgan fingerprint density at radius 1 is 1.00 bits per heavy atom. The van der Waals surface area contributed by atoms with Crippen molar-refractivity contribution in [1.29, 1.82) is 0 Å². The SMILES string of the molecule is CC(C)c1ccc(-c2csc(NCCc3ccccc3)n2)cc1. The van der Waals surface area contributed by atoms with Crippen LogP contribution in [0.15, 0.2) is 60.0 Å². The van der Waals surface area contributed by atoms with E-state index < -0.39 is 0 Å². The molecule has 23 heavy (non-hydrogen) atoms. The van der Waals surface area contributed by atoms with E-state index in [0.29, 0.717) is 5.92 Å². The Morgan fingerprint density at radius 2 is 1.74 bits per heavy atom. The molecule has 1 heterocycles. The van der Waals surface area contributed by atoms with E-state index in [2.05, 4.69) is 79.1 Å². The van der Waals surface area contributed by atoms with Crippen molar-refractivity contribution in [2.45, 2.75) is 26.2 Å². The number of rotatable bonds is 6. The first-order valence-corrected chi connectivity index (χ1v) is 8.94. The Morgan fingerprint density at radius 3 is 2.43 bits per heavy atom. The molecule has 0 aliphatic rings.